The van der Waals surface area contributed by atoms with Gasteiger partial charge in [-0.15, -0.1) is 10.2 Å². The number of nitrogens with one attached hydrogen (secondary N) is 2. The Balaban J connectivity index is 1.76. The molecule has 1 heterocycles. The van der Waals surface area contributed by atoms with Gasteiger partial charge in [0.2, 0.25) is 5.91 Å². The van der Waals surface area contributed by atoms with Gasteiger partial charge in [-0.05, 0) is 17.7 Å². The average Bonchev–Trinajstić information content (AvgIpc) is 3.15. The van der Waals surface area contributed by atoms with Crippen LogP contribution in [0.15, 0.2) is 59.8 Å². The first kappa shape index (κ1) is 22.8. The van der Waals surface area contributed by atoms with Crippen LogP contribution in [0.1, 0.15) is 30.8 Å². The van der Waals surface area contributed by atoms with E-state index >= 15 is 0 Å². The van der Waals surface area contributed by atoms with Gasteiger partial charge in [-0.25, -0.2) is 0 Å². The highest BCUT2D eigenvalue weighted by Crippen LogP contribution is 2.23. The second-order valence-corrected chi connectivity index (χ2v) is 8.46. The van der Waals surface area contributed by atoms with Gasteiger partial charge in [0, 0.05) is 18.2 Å². The van der Waals surface area contributed by atoms with Crippen LogP contribution in [-0.4, -0.2) is 47.6 Å². The molecule has 1 aromatic heterocycles. The van der Waals surface area contributed by atoms with Gasteiger partial charge in [-0.1, -0.05) is 55.1 Å². The van der Waals surface area contributed by atoms with Crippen LogP contribution in [0.4, 0.5) is 5.69 Å². The Kier molecular flexibility index (Phi) is 8.08. The number of hydrogen-bond donors (Lipinski definition) is 2. The van der Waals surface area contributed by atoms with E-state index in [2.05, 4.69) is 53.2 Å². The van der Waals surface area contributed by atoms with Gasteiger partial charge in [0.05, 0.1) is 33.5 Å². The molecule has 0 bridgehead atoms. The van der Waals surface area contributed by atoms with E-state index in [-0.39, 0.29) is 17.7 Å². The minimum absolute atomic E-state index is 0.0978. The van der Waals surface area contributed by atoms with Crippen molar-refractivity contribution < 1.29 is 14.4 Å². The molecule has 8 heteroatoms. The number of hydrogen-bond acceptors (Lipinski definition) is 5. The van der Waals surface area contributed by atoms with Gasteiger partial charge in [0.15, 0.2) is 11.0 Å². The predicted molar refractivity (Wildman–Crippen MR) is 124 cm³/mol. The van der Waals surface area contributed by atoms with Crippen molar-refractivity contribution in [3.63, 3.8) is 0 Å². The summed E-state index contributed by atoms with van der Waals surface area (Å²) in [5.74, 6) is 1.80. The van der Waals surface area contributed by atoms with Crippen molar-refractivity contribution in [1.29, 1.82) is 0 Å². The molecule has 2 N–H and O–H groups in total. The molecule has 7 nitrogen and oxygen atoms in total. The second kappa shape index (κ2) is 11.0. The van der Waals surface area contributed by atoms with E-state index in [0.717, 1.165) is 17.4 Å². The number of rotatable bonds is 10. The molecule has 31 heavy (non-hydrogen) atoms. The number of aromatic nitrogens is 3. The first-order chi connectivity index (χ1) is 15.0. The van der Waals surface area contributed by atoms with Crippen molar-refractivity contribution in [1.82, 2.24) is 14.8 Å². The van der Waals surface area contributed by atoms with Crippen LogP contribution in [0.2, 0.25) is 0 Å². The highest BCUT2D eigenvalue weighted by atomic mass is 32.2. The molecule has 3 rings (SSSR count). The summed E-state index contributed by atoms with van der Waals surface area (Å²) in [4.78, 5) is 13.8. The highest BCUT2D eigenvalue weighted by Gasteiger charge is 2.25. The minimum Gasteiger partial charge on any atom is -0.497 e. The van der Waals surface area contributed by atoms with E-state index < -0.39 is 0 Å². The van der Waals surface area contributed by atoms with Crippen molar-refractivity contribution in [3.05, 3.63) is 66.0 Å². The summed E-state index contributed by atoms with van der Waals surface area (Å²) in [6.07, 6.45) is 0.955. The molecule has 1 atom stereocenters. The lowest BCUT2D eigenvalue weighted by Crippen LogP contribution is -3.06. The van der Waals surface area contributed by atoms with Crippen LogP contribution in [0.3, 0.4) is 0 Å². The Labute approximate surface area is 187 Å². The molecule has 0 saturated heterocycles. The monoisotopic (exact) mass is 440 g/mol. The molecule has 0 aliphatic rings. The molecule has 3 aromatic rings. The topological polar surface area (TPSA) is 73.5 Å². The molecule has 0 unspecified atom stereocenters. The summed E-state index contributed by atoms with van der Waals surface area (Å²) in [6, 6.07) is 17.8. The maximum atomic E-state index is 12.5. The van der Waals surface area contributed by atoms with Crippen molar-refractivity contribution in [2.24, 2.45) is 0 Å². The zero-order chi connectivity index (χ0) is 22.2. The summed E-state index contributed by atoms with van der Waals surface area (Å²) >= 11 is 1.40. The Morgan fingerprint density at radius 3 is 2.61 bits per heavy atom. The molecule has 0 saturated carbocycles. The maximum Gasteiger partial charge on any atom is 0.234 e. The smallest absolute Gasteiger partial charge is 0.234 e. The molecular weight excluding hydrogens is 410 g/mol. The standard InChI is InChI=1S/C23H29N5O2S/c1-5-20(27(2)3)22-25-26-23(28(22)15-17-10-7-6-8-11-17)31-16-21(29)24-18-12-9-13-19(14-18)30-4/h6-14,20H,5,15-16H2,1-4H3,(H,24,29)/p+1/t20-/m1/s1. The van der Waals surface area contributed by atoms with E-state index in [1.807, 2.05) is 36.4 Å². The Hall–Kier alpha value is -2.84. The van der Waals surface area contributed by atoms with Gasteiger partial charge < -0.3 is 15.0 Å². The third-order valence-electron chi connectivity index (χ3n) is 5.03. The minimum atomic E-state index is -0.0978. The number of nitrogens with zero attached hydrogens (tertiary/aromatic N) is 3. The van der Waals surface area contributed by atoms with Crippen molar-refractivity contribution >= 4 is 23.4 Å². The molecule has 0 radical (unpaired) electrons. The number of thioether (sulfide) groups is 1. The van der Waals surface area contributed by atoms with E-state index in [1.54, 1.807) is 13.2 Å². The van der Waals surface area contributed by atoms with Gasteiger partial charge >= 0.3 is 0 Å². The van der Waals surface area contributed by atoms with E-state index in [0.29, 0.717) is 18.0 Å². The first-order valence-electron chi connectivity index (χ1n) is 10.4. The van der Waals surface area contributed by atoms with Crippen molar-refractivity contribution in [3.8, 4) is 5.75 Å². The number of carbonyl (C=O) groups excluding carboxylic acids is 1. The van der Waals surface area contributed by atoms with E-state index in [9.17, 15) is 4.79 Å². The fourth-order valence-corrected chi connectivity index (χ4v) is 4.20. The van der Waals surface area contributed by atoms with Gasteiger partial charge in [-0.2, -0.15) is 0 Å². The van der Waals surface area contributed by atoms with Crippen LogP contribution in [0.25, 0.3) is 0 Å². The molecule has 0 aliphatic carbocycles. The van der Waals surface area contributed by atoms with E-state index in [1.165, 1.54) is 22.2 Å². The summed E-state index contributed by atoms with van der Waals surface area (Å²) in [7, 11) is 5.86. The number of quaternary nitrogens is 1. The van der Waals surface area contributed by atoms with Gasteiger partial charge in [-0.3, -0.25) is 9.36 Å². The first-order valence-corrected chi connectivity index (χ1v) is 11.3. The summed E-state index contributed by atoms with van der Waals surface area (Å²) in [5.41, 5.74) is 1.88. The Bertz CT molecular complexity index is 991. The number of ether oxygens (including phenoxy) is 1. The van der Waals surface area contributed by atoms with Crippen LogP contribution < -0.4 is 15.0 Å². The largest absolute Gasteiger partial charge is 0.497 e. The van der Waals surface area contributed by atoms with E-state index in [4.69, 9.17) is 4.74 Å². The van der Waals surface area contributed by atoms with Crippen LogP contribution in [0, 0.1) is 0 Å². The zero-order valence-corrected chi connectivity index (χ0v) is 19.3. The molecule has 0 spiro atoms. The van der Waals surface area contributed by atoms with Gasteiger partial charge in [0.1, 0.15) is 11.8 Å². The van der Waals surface area contributed by atoms with Crippen LogP contribution >= 0.6 is 11.8 Å². The predicted octanol–water partition coefficient (Wildman–Crippen LogP) is 2.66. The lowest BCUT2D eigenvalue weighted by molar-refractivity contribution is -0.893. The van der Waals surface area contributed by atoms with Crippen molar-refractivity contribution in [2.75, 3.05) is 32.3 Å². The summed E-state index contributed by atoms with van der Waals surface area (Å²) in [5, 5.41) is 12.6. The third-order valence-corrected chi connectivity index (χ3v) is 6.00. The lowest BCUT2D eigenvalue weighted by Gasteiger charge is -2.20. The molecule has 164 valence electrons. The Morgan fingerprint density at radius 1 is 1.16 bits per heavy atom. The summed E-state index contributed by atoms with van der Waals surface area (Å²) in [6.45, 7) is 2.83. The molecule has 2 aromatic carbocycles. The number of benzene rings is 2. The summed E-state index contributed by atoms with van der Waals surface area (Å²) < 4.78 is 7.35. The fraction of sp³-hybridized carbons (Fsp3) is 0.348. The van der Waals surface area contributed by atoms with Gasteiger partial charge in [0.25, 0.3) is 0 Å². The second-order valence-electron chi connectivity index (χ2n) is 7.52. The normalized spacial score (nSPS) is 12.0. The number of anilines is 1. The Morgan fingerprint density at radius 2 is 1.94 bits per heavy atom. The quantitative estimate of drug-likeness (QED) is 0.474. The molecular formula is C23H30N5O2S+. The molecule has 0 aliphatic heterocycles. The SMILES string of the molecule is CC[C@H](c1nnc(SCC(=O)Nc2cccc(OC)c2)n1Cc1ccccc1)[NH+](C)C. The fourth-order valence-electron chi connectivity index (χ4n) is 3.46. The average molecular weight is 441 g/mol. The van der Waals surface area contributed by atoms with Crippen molar-refractivity contribution in [2.45, 2.75) is 31.1 Å². The maximum absolute atomic E-state index is 12.5. The van der Waals surface area contributed by atoms with Crippen LogP contribution in [-0.2, 0) is 11.3 Å². The highest BCUT2D eigenvalue weighted by molar-refractivity contribution is 7.99. The number of carbonyl (C=O) groups is 1. The lowest BCUT2D eigenvalue weighted by atomic mass is 10.2. The number of amides is 1. The third kappa shape index (κ3) is 6.08. The van der Waals surface area contributed by atoms with Crippen LogP contribution in [0.5, 0.6) is 5.75 Å². The molecule has 0 fully saturated rings. The zero-order valence-electron chi connectivity index (χ0n) is 18.5. The molecule has 1 amide bonds. The number of methoxy groups -OCH3 is 1.